The molecule has 0 spiro atoms. The molecule has 106 valence electrons. The molecule has 0 fully saturated rings. The van der Waals surface area contributed by atoms with Crippen LogP contribution in [0.25, 0.3) is 0 Å². The molecule has 1 N–H and O–H groups in total. The molecule has 0 radical (unpaired) electrons. The van der Waals surface area contributed by atoms with Crippen molar-refractivity contribution in [1.29, 1.82) is 0 Å². The summed E-state index contributed by atoms with van der Waals surface area (Å²) in [4.78, 5) is 0. The first-order valence-electron chi connectivity index (χ1n) is 5.71. The molecule has 6 heteroatoms. The van der Waals surface area contributed by atoms with Gasteiger partial charge in [-0.3, -0.25) is 0 Å². The van der Waals surface area contributed by atoms with Crippen LogP contribution in [0.2, 0.25) is 0 Å². The predicted octanol–water partition coefficient (Wildman–Crippen LogP) is 5.22. The van der Waals surface area contributed by atoms with E-state index in [0.29, 0.717) is 0 Å². The van der Waals surface area contributed by atoms with Gasteiger partial charge in [0.1, 0.15) is 5.82 Å². The van der Waals surface area contributed by atoms with Gasteiger partial charge >= 0.3 is 6.18 Å². The summed E-state index contributed by atoms with van der Waals surface area (Å²) < 4.78 is 52.0. The first-order valence-corrected chi connectivity index (χ1v) is 6.50. The highest BCUT2D eigenvalue weighted by atomic mass is 79.9. The van der Waals surface area contributed by atoms with Crippen LogP contribution in [0.15, 0.2) is 46.9 Å². The summed E-state index contributed by atoms with van der Waals surface area (Å²) >= 11 is 3.29. The van der Waals surface area contributed by atoms with Gasteiger partial charge in [0.2, 0.25) is 0 Å². The molecule has 0 saturated carbocycles. The van der Waals surface area contributed by atoms with Crippen molar-refractivity contribution in [3.63, 3.8) is 0 Å². The molecule has 0 aliphatic heterocycles. The number of nitrogens with one attached hydrogen (secondary N) is 1. The van der Waals surface area contributed by atoms with Gasteiger partial charge < -0.3 is 5.32 Å². The van der Waals surface area contributed by atoms with Crippen LogP contribution in [0.1, 0.15) is 11.1 Å². The number of halogens is 5. The standard InChI is InChI=1S/C14H10BrF4N/c15-11-3-1-2-9(6-11)8-20-13-7-10(14(17,18)19)4-5-12(13)16/h1-7,20H,8H2. The van der Waals surface area contributed by atoms with Crippen LogP contribution in [0.3, 0.4) is 0 Å². The molecule has 0 amide bonds. The molecule has 0 aliphatic carbocycles. The normalized spacial score (nSPS) is 11.4. The average Bonchev–Trinajstić information content (AvgIpc) is 2.36. The molecule has 0 bridgehead atoms. The van der Waals surface area contributed by atoms with Crippen molar-refractivity contribution in [3.05, 3.63) is 63.9 Å². The Morgan fingerprint density at radius 2 is 1.80 bits per heavy atom. The van der Waals surface area contributed by atoms with Crippen molar-refractivity contribution in [2.75, 3.05) is 5.32 Å². The minimum atomic E-state index is -4.49. The summed E-state index contributed by atoms with van der Waals surface area (Å²) in [5.74, 6) is -0.715. The minimum Gasteiger partial charge on any atom is -0.379 e. The maximum atomic E-state index is 13.5. The van der Waals surface area contributed by atoms with Crippen LogP contribution in [0.4, 0.5) is 23.2 Å². The van der Waals surface area contributed by atoms with Crippen molar-refractivity contribution in [3.8, 4) is 0 Å². The Morgan fingerprint density at radius 1 is 1.05 bits per heavy atom. The Balaban J connectivity index is 2.17. The average molecular weight is 348 g/mol. The summed E-state index contributed by atoms with van der Waals surface area (Å²) in [6.45, 7) is 0.234. The predicted molar refractivity (Wildman–Crippen MR) is 72.9 cm³/mol. The third kappa shape index (κ3) is 3.72. The number of benzene rings is 2. The van der Waals surface area contributed by atoms with Gasteiger partial charge in [0.05, 0.1) is 11.3 Å². The fourth-order valence-corrected chi connectivity index (χ4v) is 2.13. The van der Waals surface area contributed by atoms with Gasteiger partial charge in [-0.1, -0.05) is 28.1 Å². The summed E-state index contributed by atoms with van der Waals surface area (Å²) in [5, 5.41) is 2.67. The van der Waals surface area contributed by atoms with E-state index in [4.69, 9.17) is 0 Å². The fourth-order valence-electron chi connectivity index (χ4n) is 1.68. The molecule has 0 aliphatic rings. The molecule has 2 aromatic rings. The molecule has 0 atom stereocenters. The minimum absolute atomic E-state index is 0.167. The second-order valence-electron chi connectivity index (χ2n) is 4.18. The van der Waals surface area contributed by atoms with Crippen molar-refractivity contribution in [2.45, 2.75) is 12.7 Å². The third-order valence-corrected chi connectivity index (χ3v) is 3.16. The van der Waals surface area contributed by atoms with Crippen LogP contribution in [-0.2, 0) is 12.7 Å². The van der Waals surface area contributed by atoms with E-state index in [1.807, 2.05) is 6.07 Å². The highest BCUT2D eigenvalue weighted by molar-refractivity contribution is 9.10. The molecule has 20 heavy (non-hydrogen) atoms. The topological polar surface area (TPSA) is 12.0 Å². The highest BCUT2D eigenvalue weighted by Crippen LogP contribution is 2.31. The Labute approximate surface area is 121 Å². The third-order valence-electron chi connectivity index (χ3n) is 2.67. The van der Waals surface area contributed by atoms with Crippen molar-refractivity contribution < 1.29 is 17.6 Å². The van der Waals surface area contributed by atoms with Crippen LogP contribution in [-0.4, -0.2) is 0 Å². The van der Waals surface area contributed by atoms with Gasteiger partial charge in [0.15, 0.2) is 0 Å². The lowest BCUT2D eigenvalue weighted by atomic mass is 10.1. The number of hydrogen-bond acceptors (Lipinski definition) is 1. The molecule has 1 nitrogen and oxygen atoms in total. The second-order valence-corrected chi connectivity index (χ2v) is 5.09. The first-order chi connectivity index (χ1) is 9.36. The Hall–Kier alpha value is -1.56. The summed E-state index contributed by atoms with van der Waals surface area (Å²) in [5.41, 5.74) is -0.216. The lowest BCUT2D eigenvalue weighted by Crippen LogP contribution is -2.08. The maximum absolute atomic E-state index is 13.5. The highest BCUT2D eigenvalue weighted by Gasteiger charge is 2.31. The lowest BCUT2D eigenvalue weighted by Gasteiger charge is -2.12. The van der Waals surface area contributed by atoms with Crippen LogP contribution in [0, 0.1) is 5.82 Å². The van der Waals surface area contributed by atoms with Crippen LogP contribution in [0.5, 0.6) is 0 Å². The zero-order chi connectivity index (χ0) is 14.8. The largest absolute Gasteiger partial charge is 0.416 e. The number of alkyl halides is 3. The molecule has 2 rings (SSSR count). The molecule has 2 aromatic carbocycles. The number of anilines is 1. The number of rotatable bonds is 3. The van der Waals surface area contributed by atoms with Crippen molar-refractivity contribution in [1.82, 2.24) is 0 Å². The number of hydrogen-bond donors (Lipinski definition) is 1. The van der Waals surface area contributed by atoms with Crippen LogP contribution < -0.4 is 5.32 Å². The smallest absolute Gasteiger partial charge is 0.379 e. The monoisotopic (exact) mass is 347 g/mol. The summed E-state index contributed by atoms with van der Waals surface area (Å²) in [6, 6.07) is 9.53. The van der Waals surface area contributed by atoms with E-state index in [2.05, 4.69) is 21.2 Å². The van der Waals surface area contributed by atoms with Gasteiger partial charge in [0.25, 0.3) is 0 Å². The zero-order valence-corrected chi connectivity index (χ0v) is 11.7. The van der Waals surface area contributed by atoms with Gasteiger partial charge in [-0.15, -0.1) is 0 Å². The molecule has 0 heterocycles. The second kappa shape index (κ2) is 5.83. The molecule has 0 saturated heterocycles. The van der Waals surface area contributed by atoms with E-state index >= 15 is 0 Å². The van der Waals surface area contributed by atoms with Gasteiger partial charge in [-0.25, -0.2) is 4.39 Å². The van der Waals surface area contributed by atoms with Crippen LogP contribution >= 0.6 is 15.9 Å². The Bertz CT molecular complexity index is 610. The Kier molecular flexibility index (Phi) is 4.32. The van der Waals surface area contributed by atoms with Gasteiger partial charge in [0, 0.05) is 11.0 Å². The van der Waals surface area contributed by atoms with Gasteiger partial charge in [-0.05, 0) is 35.9 Å². The zero-order valence-electron chi connectivity index (χ0n) is 10.1. The Morgan fingerprint density at radius 3 is 2.45 bits per heavy atom. The quantitative estimate of drug-likeness (QED) is 0.750. The fraction of sp³-hybridized carbons (Fsp3) is 0.143. The molecular formula is C14H10BrF4N. The van der Waals surface area contributed by atoms with E-state index in [9.17, 15) is 17.6 Å². The van der Waals surface area contributed by atoms with Crippen molar-refractivity contribution in [2.24, 2.45) is 0 Å². The lowest BCUT2D eigenvalue weighted by molar-refractivity contribution is -0.137. The van der Waals surface area contributed by atoms with E-state index in [-0.39, 0.29) is 12.2 Å². The first kappa shape index (κ1) is 14.8. The molecular weight excluding hydrogens is 338 g/mol. The van der Waals surface area contributed by atoms with E-state index in [0.717, 1.165) is 28.2 Å². The van der Waals surface area contributed by atoms with E-state index in [1.165, 1.54) is 0 Å². The van der Waals surface area contributed by atoms with E-state index < -0.39 is 17.6 Å². The van der Waals surface area contributed by atoms with Gasteiger partial charge in [-0.2, -0.15) is 13.2 Å². The summed E-state index contributed by atoms with van der Waals surface area (Å²) in [6.07, 6.45) is -4.49. The maximum Gasteiger partial charge on any atom is 0.416 e. The molecule has 0 unspecified atom stereocenters. The SMILES string of the molecule is Fc1ccc(C(F)(F)F)cc1NCc1cccc(Br)c1. The van der Waals surface area contributed by atoms with E-state index in [1.54, 1.807) is 18.2 Å². The summed E-state index contributed by atoms with van der Waals surface area (Å²) in [7, 11) is 0. The van der Waals surface area contributed by atoms with Crippen molar-refractivity contribution >= 4 is 21.6 Å². The molecule has 0 aromatic heterocycles.